The van der Waals surface area contributed by atoms with Crippen LogP contribution < -0.4 is 27.4 Å². The Morgan fingerprint density at radius 3 is 2.16 bits per heavy atom. The maximum absolute atomic E-state index is 12.9. The van der Waals surface area contributed by atoms with Gasteiger partial charge in [0.15, 0.2) is 0 Å². The summed E-state index contributed by atoms with van der Waals surface area (Å²) in [5.74, 6) is -5.06. The minimum absolute atomic E-state index is 0.0741. The number of imidazole rings is 1. The number of aliphatic hydroxyl groups excluding tert-OH is 1. The Morgan fingerprint density at radius 1 is 1.06 bits per heavy atom. The predicted molar refractivity (Wildman–Crippen MR) is 109 cm³/mol. The third kappa shape index (κ3) is 8.31. The number of nitrogens with two attached hydrogens (primary N) is 2. The van der Waals surface area contributed by atoms with Crippen molar-refractivity contribution in [3.05, 3.63) is 18.2 Å². The number of rotatable bonds is 13. The van der Waals surface area contributed by atoms with E-state index in [9.17, 15) is 24.0 Å². The Labute approximate surface area is 183 Å². The van der Waals surface area contributed by atoms with Gasteiger partial charge >= 0.3 is 5.97 Å². The highest BCUT2D eigenvalue weighted by molar-refractivity contribution is 5.95. The van der Waals surface area contributed by atoms with Crippen LogP contribution in [0.3, 0.4) is 0 Å². The van der Waals surface area contributed by atoms with E-state index in [0.717, 1.165) is 0 Å². The van der Waals surface area contributed by atoms with Gasteiger partial charge in [-0.15, -0.1) is 0 Å². The lowest BCUT2D eigenvalue weighted by Gasteiger charge is -2.26. The molecule has 10 N–H and O–H groups in total. The molecule has 14 nitrogen and oxygen atoms in total. The Hall–Kier alpha value is -3.52. The van der Waals surface area contributed by atoms with Gasteiger partial charge in [0.25, 0.3) is 0 Å². The van der Waals surface area contributed by atoms with Crippen LogP contribution >= 0.6 is 0 Å². The first-order chi connectivity index (χ1) is 15.0. The van der Waals surface area contributed by atoms with Gasteiger partial charge in [0.2, 0.25) is 23.6 Å². The van der Waals surface area contributed by atoms with E-state index in [1.54, 1.807) is 13.8 Å². The molecule has 4 atom stereocenters. The van der Waals surface area contributed by atoms with Crippen LogP contribution in [0.4, 0.5) is 0 Å². The zero-order chi connectivity index (χ0) is 24.4. The van der Waals surface area contributed by atoms with Gasteiger partial charge in [-0.2, -0.15) is 0 Å². The van der Waals surface area contributed by atoms with Crippen molar-refractivity contribution >= 4 is 29.6 Å². The third-order valence-corrected chi connectivity index (χ3v) is 4.41. The third-order valence-electron chi connectivity index (χ3n) is 4.41. The molecule has 1 aromatic heterocycles. The smallest absolute Gasteiger partial charge is 0.328 e. The number of hydrogen-bond acceptors (Lipinski definition) is 8. The molecular formula is C18H29N7O7. The maximum atomic E-state index is 12.9. The molecule has 0 aromatic carbocycles. The van der Waals surface area contributed by atoms with Crippen molar-refractivity contribution < 1.29 is 34.2 Å². The molecule has 0 fully saturated rings. The summed E-state index contributed by atoms with van der Waals surface area (Å²) in [6.07, 6.45) is 2.28. The first-order valence-corrected chi connectivity index (χ1v) is 9.72. The molecular weight excluding hydrogens is 426 g/mol. The zero-order valence-electron chi connectivity index (χ0n) is 17.7. The second-order valence-corrected chi connectivity index (χ2v) is 7.43. The highest BCUT2D eigenvalue weighted by atomic mass is 16.4. The summed E-state index contributed by atoms with van der Waals surface area (Å²) in [6, 6.07) is -5.21. The fraction of sp³-hybridized carbons (Fsp3) is 0.556. The Morgan fingerprint density at radius 2 is 1.69 bits per heavy atom. The summed E-state index contributed by atoms with van der Waals surface area (Å²) >= 11 is 0. The normalized spacial score (nSPS) is 14.7. The lowest BCUT2D eigenvalue weighted by Crippen LogP contribution is -2.59. The van der Waals surface area contributed by atoms with Crippen molar-refractivity contribution in [1.82, 2.24) is 25.9 Å². The number of carboxylic acid groups (broad SMARTS) is 1. The van der Waals surface area contributed by atoms with E-state index in [4.69, 9.17) is 21.7 Å². The molecule has 4 amide bonds. The van der Waals surface area contributed by atoms with Crippen LogP contribution in [0.15, 0.2) is 12.5 Å². The van der Waals surface area contributed by atoms with Crippen LogP contribution in [-0.2, 0) is 30.4 Å². The van der Waals surface area contributed by atoms with Crippen molar-refractivity contribution in [1.29, 1.82) is 0 Å². The number of amides is 4. The number of hydrogen-bond donors (Lipinski definition) is 8. The first kappa shape index (κ1) is 26.5. The molecule has 1 heterocycles. The van der Waals surface area contributed by atoms with Gasteiger partial charge in [-0.05, 0) is 5.92 Å². The summed E-state index contributed by atoms with van der Waals surface area (Å²) in [5, 5.41) is 25.2. The second kappa shape index (κ2) is 12.4. The fourth-order valence-electron chi connectivity index (χ4n) is 2.65. The van der Waals surface area contributed by atoms with Crippen molar-refractivity contribution in [2.24, 2.45) is 17.4 Å². The number of aromatic amines is 1. The number of nitrogens with one attached hydrogen (secondary N) is 4. The Balaban J connectivity index is 2.99. The minimum atomic E-state index is -1.57. The molecule has 0 spiro atoms. The zero-order valence-corrected chi connectivity index (χ0v) is 17.7. The lowest BCUT2D eigenvalue weighted by atomic mass is 10.0. The Bertz CT molecular complexity index is 813. The summed E-state index contributed by atoms with van der Waals surface area (Å²) in [6.45, 7) is 2.43. The Kier molecular flexibility index (Phi) is 10.2. The number of aliphatic carboxylic acids is 1. The fourth-order valence-corrected chi connectivity index (χ4v) is 2.65. The molecule has 0 saturated heterocycles. The van der Waals surface area contributed by atoms with E-state index in [1.807, 2.05) is 0 Å². The number of carboxylic acids is 1. The molecule has 0 aliphatic rings. The quantitative estimate of drug-likeness (QED) is 0.146. The van der Waals surface area contributed by atoms with Gasteiger partial charge in [-0.3, -0.25) is 19.2 Å². The molecule has 1 rings (SSSR count). The number of primary amides is 1. The van der Waals surface area contributed by atoms with E-state index >= 15 is 0 Å². The molecule has 0 radical (unpaired) electrons. The van der Waals surface area contributed by atoms with E-state index < -0.39 is 72.7 Å². The van der Waals surface area contributed by atoms with Crippen molar-refractivity contribution in [2.75, 3.05) is 6.61 Å². The van der Waals surface area contributed by atoms with Crippen LogP contribution in [0.25, 0.3) is 0 Å². The molecule has 178 valence electrons. The van der Waals surface area contributed by atoms with Crippen LogP contribution in [0.1, 0.15) is 26.0 Å². The number of carbonyl (C=O) groups excluding carboxylic acids is 4. The van der Waals surface area contributed by atoms with Gasteiger partial charge in [-0.25, -0.2) is 9.78 Å². The molecule has 32 heavy (non-hydrogen) atoms. The molecule has 0 saturated carbocycles. The second-order valence-electron chi connectivity index (χ2n) is 7.43. The van der Waals surface area contributed by atoms with E-state index in [0.29, 0.717) is 5.69 Å². The maximum Gasteiger partial charge on any atom is 0.328 e. The first-order valence-electron chi connectivity index (χ1n) is 9.72. The summed E-state index contributed by atoms with van der Waals surface area (Å²) < 4.78 is 0. The molecule has 0 bridgehead atoms. The van der Waals surface area contributed by atoms with Gasteiger partial charge in [0.1, 0.15) is 18.1 Å². The average molecular weight is 455 g/mol. The molecule has 14 heteroatoms. The summed E-state index contributed by atoms with van der Waals surface area (Å²) in [4.78, 5) is 66.4. The predicted octanol–water partition coefficient (Wildman–Crippen LogP) is -3.66. The summed E-state index contributed by atoms with van der Waals surface area (Å²) in [5.41, 5.74) is 11.1. The lowest BCUT2D eigenvalue weighted by molar-refractivity contribution is -0.143. The van der Waals surface area contributed by atoms with Gasteiger partial charge in [0.05, 0.1) is 25.4 Å². The largest absolute Gasteiger partial charge is 0.480 e. The van der Waals surface area contributed by atoms with Crippen molar-refractivity contribution in [3.8, 4) is 0 Å². The number of H-pyrrole nitrogens is 1. The van der Waals surface area contributed by atoms with Gasteiger partial charge < -0.3 is 42.6 Å². The number of nitrogens with zero attached hydrogens (tertiary/aromatic N) is 1. The van der Waals surface area contributed by atoms with Crippen LogP contribution in [0.2, 0.25) is 0 Å². The highest BCUT2D eigenvalue weighted by Gasteiger charge is 2.32. The van der Waals surface area contributed by atoms with E-state index in [-0.39, 0.29) is 6.42 Å². The number of aromatic nitrogens is 2. The SMILES string of the molecule is CC(C)C(NC(=O)C(N)CC(N)=O)C(=O)NC(Cc1cnc[nH]1)C(=O)NC(CO)C(=O)O. The van der Waals surface area contributed by atoms with Crippen molar-refractivity contribution in [2.45, 2.75) is 50.9 Å². The number of aliphatic hydroxyl groups is 1. The monoisotopic (exact) mass is 455 g/mol. The van der Waals surface area contributed by atoms with E-state index in [2.05, 4.69) is 25.9 Å². The van der Waals surface area contributed by atoms with E-state index in [1.165, 1.54) is 12.5 Å². The number of carbonyl (C=O) groups is 5. The molecule has 1 aromatic rings. The van der Waals surface area contributed by atoms with Gasteiger partial charge in [-0.1, -0.05) is 13.8 Å². The molecule has 0 aliphatic carbocycles. The van der Waals surface area contributed by atoms with Crippen LogP contribution in [0, 0.1) is 5.92 Å². The van der Waals surface area contributed by atoms with Gasteiger partial charge in [0, 0.05) is 18.3 Å². The minimum Gasteiger partial charge on any atom is -0.480 e. The topological polar surface area (TPSA) is 243 Å². The van der Waals surface area contributed by atoms with Crippen LogP contribution in [-0.4, -0.2) is 80.6 Å². The average Bonchev–Trinajstić information content (AvgIpc) is 3.21. The standard InChI is InChI=1S/C18H29N7O7/c1-8(2)14(25-15(28)10(19)4-13(20)27)17(30)23-11(3-9-5-21-7-22-9)16(29)24-12(6-26)18(31)32/h5,7-8,10-12,14,26H,3-4,6,19H2,1-2H3,(H2,20,27)(H,21,22)(H,23,30)(H,24,29)(H,25,28)(H,31,32). The highest BCUT2D eigenvalue weighted by Crippen LogP contribution is 2.06. The van der Waals surface area contributed by atoms with Crippen LogP contribution in [0.5, 0.6) is 0 Å². The summed E-state index contributed by atoms with van der Waals surface area (Å²) in [7, 11) is 0. The van der Waals surface area contributed by atoms with Crippen molar-refractivity contribution in [3.63, 3.8) is 0 Å². The molecule has 4 unspecified atom stereocenters. The molecule has 0 aliphatic heterocycles.